The molecule has 0 amide bonds. The van der Waals surface area contributed by atoms with Gasteiger partial charge in [0.2, 0.25) is 0 Å². The zero-order chi connectivity index (χ0) is 14.1. The third-order valence-corrected chi connectivity index (χ3v) is 4.16. The topological polar surface area (TPSA) is 21.3 Å². The molecule has 0 saturated heterocycles. The number of rotatable bonds is 9. The van der Waals surface area contributed by atoms with Gasteiger partial charge < -0.3 is 10.1 Å². The Kier molecular flexibility index (Phi) is 7.99. The minimum Gasteiger partial charge on any atom is -0.496 e. The van der Waals surface area contributed by atoms with E-state index in [1.807, 2.05) is 23.9 Å². The molecule has 19 heavy (non-hydrogen) atoms. The van der Waals surface area contributed by atoms with E-state index in [2.05, 4.69) is 38.2 Å². The van der Waals surface area contributed by atoms with Crippen LogP contribution >= 0.6 is 11.8 Å². The highest BCUT2D eigenvalue weighted by atomic mass is 32.2. The third-order valence-electron chi connectivity index (χ3n) is 3.10. The van der Waals surface area contributed by atoms with Crippen molar-refractivity contribution in [2.45, 2.75) is 44.6 Å². The average Bonchev–Trinajstić information content (AvgIpc) is 2.41. The Morgan fingerprint density at radius 2 is 1.89 bits per heavy atom. The van der Waals surface area contributed by atoms with Crippen molar-refractivity contribution in [1.82, 2.24) is 5.32 Å². The van der Waals surface area contributed by atoms with Gasteiger partial charge >= 0.3 is 0 Å². The second-order valence-corrected chi connectivity index (χ2v) is 6.46. The molecule has 0 heterocycles. The second kappa shape index (κ2) is 9.27. The van der Waals surface area contributed by atoms with Crippen LogP contribution in [0.15, 0.2) is 29.2 Å². The van der Waals surface area contributed by atoms with Crippen LogP contribution in [0.25, 0.3) is 0 Å². The van der Waals surface area contributed by atoms with Gasteiger partial charge in [-0.25, -0.2) is 0 Å². The van der Waals surface area contributed by atoms with Gasteiger partial charge in [0, 0.05) is 23.2 Å². The van der Waals surface area contributed by atoms with E-state index in [9.17, 15) is 0 Å². The highest BCUT2D eigenvalue weighted by Crippen LogP contribution is 2.28. The monoisotopic (exact) mass is 281 g/mol. The molecule has 1 aromatic carbocycles. The largest absolute Gasteiger partial charge is 0.496 e. The minimum absolute atomic E-state index is 0.612. The molecular formula is C16H27NOS. The molecule has 3 heteroatoms. The lowest BCUT2D eigenvalue weighted by Crippen LogP contribution is -2.28. The number of ether oxygens (including phenoxy) is 1. The van der Waals surface area contributed by atoms with Crippen LogP contribution in [0.3, 0.4) is 0 Å². The van der Waals surface area contributed by atoms with Gasteiger partial charge in [-0.2, -0.15) is 0 Å². The summed E-state index contributed by atoms with van der Waals surface area (Å²) in [5, 5.41) is 3.58. The van der Waals surface area contributed by atoms with Crippen molar-refractivity contribution in [2.75, 3.05) is 19.4 Å². The van der Waals surface area contributed by atoms with E-state index >= 15 is 0 Å². The molecule has 0 fully saturated rings. The van der Waals surface area contributed by atoms with Crippen LogP contribution in [-0.4, -0.2) is 25.4 Å². The van der Waals surface area contributed by atoms with Crippen molar-refractivity contribution in [3.63, 3.8) is 0 Å². The van der Waals surface area contributed by atoms with E-state index in [1.165, 1.54) is 17.7 Å². The summed E-state index contributed by atoms with van der Waals surface area (Å²) in [5.41, 5.74) is 0. The molecule has 0 bridgehead atoms. The van der Waals surface area contributed by atoms with Gasteiger partial charge in [-0.05, 0) is 37.8 Å². The minimum atomic E-state index is 0.612. The molecule has 0 aliphatic carbocycles. The number of methoxy groups -OCH3 is 1. The Morgan fingerprint density at radius 1 is 1.16 bits per heavy atom. The zero-order valence-electron chi connectivity index (χ0n) is 12.6. The first-order valence-corrected chi connectivity index (χ1v) is 8.11. The van der Waals surface area contributed by atoms with Crippen molar-refractivity contribution in [2.24, 2.45) is 5.92 Å². The van der Waals surface area contributed by atoms with Crippen LogP contribution in [0.5, 0.6) is 5.75 Å². The van der Waals surface area contributed by atoms with Crippen LogP contribution in [0, 0.1) is 5.92 Å². The van der Waals surface area contributed by atoms with E-state index < -0.39 is 0 Å². The first-order chi connectivity index (χ1) is 9.13. The smallest absolute Gasteiger partial charge is 0.132 e. The van der Waals surface area contributed by atoms with Gasteiger partial charge in [0.1, 0.15) is 5.75 Å². The highest BCUT2D eigenvalue weighted by molar-refractivity contribution is 7.99. The Morgan fingerprint density at radius 3 is 2.58 bits per heavy atom. The molecule has 0 aliphatic heterocycles. The highest BCUT2D eigenvalue weighted by Gasteiger charge is 2.04. The predicted molar refractivity (Wildman–Crippen MR) is 85.3 cm³/mol. The first-order valence-electron chi connectivity index (χ1n) is 7.12. The van der Waals surface area contributed by atoms with Crippen molar-refractivity contribution < 1.29 is 4.74 Å². The standard InChI is InChI=1S/C16H27NOS/c1-13(2)9-10-14(3)17-11-12-19-16-8-6-5-7-15(16)18-4/h5-8,13-14,17H,9-12H2,1-4H3. The van der Waals surface area contributed by atoms with Gasteiger partial charge in [-0.1, -0.05) is 26.0 Å². The van der Waals surface area contributed by atoms with E-state index in [1.54, 1.807) is 7.11 Å². The summed E-state index contributed by atoms with van der Waals surface area (Å²) < 4.78 is 5.35. The maximum absolute atomic E-state index is 5.35. The maximum Gasteiger partial charge on any atom is 0.132 e. The van der Waals surface area contributed by atoms with Crippen molar-refractivity contribution in [1.29, 1.82) is 0 Å². The van der Waals surface area contributed by atoms with Gasteiger partial charge in [0.15, 0.2) is 0 Å². The van der Waals surface area contributed by atoms with Gasteiger partial charge in [-0.3, -0.25) is 0 Å². The molecule has 1 atom stereocenters. The molecule has 2 nitrogen and oxygen atoms in total. The summed E-state index contributed by atoms with van der Waals surface area (Å²) in [5.74, 6) is 2.85. The van der Waals surface area contributed by atoms with Crippen molar-refractivity contribution in [3.8, 4) is 5.75 Å². The van der Waals surface area contributed by atoms with Crippen LogP contribution in [0.1, 0.15) is 33.6 Å². The lowest BCUT2D eigenvalue weighted by molar-refractivity contribution is 0.405. The fourth-order valence-corrected chi connectivity index (χ4v) is 2.80. The summed E-state index contributed by atoms with van der Waals surface area (Å²) in [6, 6.07) is 8.81. The van der Waals surface area contributed by atoms with Crippen molar-refractivity contribution >= 4 is 11.8 Å². The molecule has 0 aliphatic rings. The summed E-state index contributed by atoms with van der Waals surface area (Å²) in [6.45, 7) is 7.88. The lowest BCUT2D eigenvalue weighted by atomic mass is 10.0. The normalized spacial score (nSPS) is 12.7. The molecule has 1 rings (SSSR count). The fraction of sp³-hybridized carbons (Fsp3) is 0.625. The third kappa shape index (κ3) is 6.88. The number of hydrogen-bond donors (Lipinski definition) is 1. The van der Waals surface area contributed by atoms with E-state index in [0.29, 0.717) is 6.04 Å². The Hall–Kier alpha value is -0.670. The molecule has 108 valence electrons. The molecule has 1 aromatic rings. The molecule has 1 unspecified atom stereocenters. The Bertz CT molecular complexity index is 354. The van der Waals surface area contributed by atoms with Crippen molar-refractivity contribution in [3.05, 3.63) is 24.3 Å². The summed E-state index contributed by atoms with van der Waals surface area (Å²) in [7, 11) is 1.73. The average molecular weight is 281 g/mol. The molecule has 1 N–H and O–H groups in total. The SMILES string of the molecule is COc1ccccc1SCCNC(C)CCC(C)C. The summed E-state index contributed by atoms with van der Waals surface area (Å²) >= 11 is 1.85. The number of para-hydroxylation sites is 1. The van der Waals surface area contributed by atoms with Gasteiger partial charge in [0.25, 0.3) is 0 Å². The molecule has 0 aromatic heterocycles. The Labute approximate surface area is 122 Å². The molecule has 0 saturated carbocycles. The quantitative estimate of drug-likeness (QED) is 0.541. The molecular weight excluding hydrogens is 254 g/mol. The Balaban J connectivity index is 2.20. The summed E-state index contributed by atoms with van der Waals surface area (Å²) in [6.07, 6.45) is 2.56. The fourth-order valence-electron chi connectivity index (χ4n) is 1.89. The van der Waals surface area contributed by atoms with Crippen LogP contribution < -0.4 is 10.1 Å². The maximum atomic E-state index is 5.35. The van der Waals surface area contributed by atoms with E-state index in [4.69, 9.17) is 4.74 Å². The predicted octanol–water partition coefficient (Wildman–Crippen LogP) is 4.20. The number of nitrogens with one attached hydrogen (secondary N) is 1. The van der Waals surface area contributed by atoms with E-state index in [0.717, 1.165) is 24.0 Å². The number of thioether (sulfide) groups is 1. The van der Waals surface area contributed by atoms with Gasteiger partial charge in [0.05, 0.1) is 7.11 Å². The van der Waals surface area contributed by atoms with E-state index in [-0.39, 0.29) is 0 Å². The molecule has 0 radical (unpaired) electrons. The number of benzene rings is 1. The first kappa shape index (κ1) is 16.4. The van der Waals surface area contributed by atoms with Crippen LogP contribution in [0.2, 0.25) is 0 Å². The van der Waals surface area contributed by atoms with Gasteiger partial charge in [-0.15, -0.1) is 11.8 Å². The zero-order valence-corrected chi connectivity index (χ0v) is 13.4. The lowest BCUT2D eigenvalue weighted by Gasteiger charge is -2.15. The van der Waals surface area contributed by atoms with Crippen LogP contribution in [-0.2, 0) is 0 Å². The summed E-state index contributed by atoms with van der Waals surface area (Å²) in [4.78, 5) is 1.22. The molecule has 0 spiro atoms. The second-order valence-electron chi connectivity index (χ2n) is 5.33. The number of hydrogen-bond acceptors (Lipinski definition) is 3. The van der Waals surface area contributed by atoms with Crippen LogP contribution in [0.4, 0.5) is 0 Å².